The van der Waals surface area contributed by atoms with E-state index in [2.05, 4.69) is 4.99 Å². The highest BCUT2D eigenvalue weighted by Gasteiger charge is 2.32. The Morgan fingerprint density at radius 2 is 1.96 bits per heavy atom. The van der Waals surface area contributed by atoms with Crippen molar-refractivity contribution in [2.75, 3.05) is 13.1 Å². The lowest BCUT2D eigenvalue weighted by Crippen LogP contribution is -2.48. The molecule has 1 saturated heterocycles. The first-order valence-corrected chi connectivity index (χ1v) is 10.5. The van der Waals surface area contributed by atoms with Crippen molar-refractivity contribution in [3.05, 3.63) is 46.2 Å². The highest BCUT2D eigenvalue weighted by Crippen LogP contribution is 2.22. The summed E-state index contributed by atoms with van der Waals surface area (Å²) >= 11 is 1.34. The predicted octanol–water partition coefficient (Wildman–Crippen LogP) is 1.63. The van der Waals surface area contributed by atoms with Crippen molar-refractivity contribution in [1.82, 2.24) is 8.87 Å². The number of thiazole rings is 1. The molecule has 1 aliphatic rings. The lowest BCUT2D eigenvalue weighted by atomic mass is 10.2. The van der Waals surface area contributed by atoms with E-state index >= 15 is 0 Å². The Labute approximate surface area is 156 Å². The Balaban J connectivity index is 1.91. The number of amides is 1. The van der Waals surface area contributed by atoms with E-state index in [-0.39, 0.29) is 22.7 Å². The molecule has 0 unspecified atom stereocenters. The second-order valence-electron chi connectivity index (χ2n) is 6.32. The first kappa shape index (κ1) is 19.0. The SMILES string of the molecule is C[C@@H]1CN(S(=O)(=O)c2cccc(C(=O)N=c3sccn3C)c2)C[C@H](C)O1. The molecular formula is C17H21N3O4S2. The fourth-order valence-electron chi connectivity index (χ4n) is 2.85. The van der Waals surface area contributed by atoms with Crippen LogP contribution in [0.3, 0.4) is 0 Å². The van der Waals surface area contributed by atoms with E-state index in [1.54, 1.807) is 29.9 Å². The van der Waals surface area contributed by atoms with E-state index in [0.717, 1.165) is 0 Å². The summed E-state index contributed by atoms with van der Waals surface area (Å²) in [6.07, 6.45) is 1.46. The number of ether oxygens (including phenoxy) is 1. The normalized spacial score (nSPS) is 22.5. The number of carbonyl (C=O) groups excluding carboxylic acids is 1. The van der Waals surface area contributed by atoms with E-state index in [4.69, 9.17) is 4.74 Å². The number of sulfonamides is 1. The zero-order valence-electron chi connectivity index (χ0n) is 14.8. The Morgan fingerprint density at radius 3 is 2.58 bits per heavy atom. The van der Waals surface area contributed by atoms with Crippen LogP contribution in [0.2, 0.25) is 0 Å². The van der Waals surface area contributed by atoms with E-state index in [0.29, 0.717) is 17.9 Å². The van der Waals surface area contributed by atoms with Gasteiger partial charge in [0.2, 0.25) is 10.0 Å². The van der Waals surface area contributed by atoms with Gasteiger partial charge in [-0.05, 0) is 32.0 Å². The van der Waals surface area contributed by atoms with Gasteiger partial charge in [-0.25, -0.2) is 8.42 Å². The number of nitrogens with zero attached hydrogens (tertiary/aromatic N) is 3. The van der Waals surface area contributed by atoms with Crippen LogP contribution >= 0.6 is 11.3 Å². The fraction of sp³-hybridized carbons (Fsp3) is 0.412. The Morgan fingerprint density at radius 1 is 1.27 bits per heavy atom. The van der Waals surface area contributed by atoms with Crippen molar-refractivity contribution in [2.24, 2.45) is 12.0 Å². The minimum atomic E-state index is -3.70. The van der Waals surface area contributed by atoms with E-state index in [1.807, 2.05) is 19.2 Å². The minimum absolute atomic E-state index is 0.0930. The molecule has 0 radical (unpaired) electrons. The highest BCUT2D eigenvalue weighted by molar-refractivity contribution is 7.89. The van der Waals surface area contributed by atoms with Gasteiger partial charge in [0, 0.05) is 37.3 Å². The maximum atomic E-state index is 13.0. The molecular weight excluding hydrogens is 374 g/mol. The molecule has 1 aromatic heterocycles. The molecule has 9 heteroatoms. The number of hydrogen-bond acceptors (Lipinski definition) is 5. The topological polar surface area (TPSA) is 81.0 Å². The molecule has 1 aromatic carbocycles. The first-order chi connectivity index (χ1) is 12.3. The molecule has 0 bridgehead atoms. The van der Waals surface area contributed by atoms with Gasteiger partial charge < -0.3 is 9.30 Å². The monoisotopic (exact) mass is 395 g/mol. The molecule has 1 fully saturated rings. The lowest BCUT2D eigenvalue weighted by Gasteiger charge is -2.34. The molecule has 3 rings (SSSR count). The van der Waals surface area contributed by atoms with Gasteiger partial charge in [0.05, 0.1) is 17.1 Å². The van der Waals surface area contributed by atoms with E-state index in [1.165, 1.54) is 27.8 Å². The summed E-state index contributed by atoms with van der Waals surface area (Å²) in [5.74, 6) is -0.469. The molecule has 1 aliphatic heterocycles. The lowest BCUT2D eigenvalue weighted by molar-refractivity contribution is -0.0440. The predicted molar refractivity (Wildman–Crippen MR) is 98.4 cm³/mol. The van der Waals surface area contributed by atoms with Crippen molar-refractivity contribution in [3.8, 4) is 0 Å². The third-order valence-corrected chi connectivity index (χ3v) is 6.74. The van der Waals surface area contributed by atoms with Gasteiger partial charge >= 0.3 is 0 Å². The Kier molecular flexibility index (Phi) is 5.42. The number of morpholine rings is 1. The molecule has 26 heavy (non-hydrogen) atoms. The molecule has 2 aromatic rings. The second kappa shape index (κ2) is 7.43. The molecule has 2 heterocycles. The standard InChI is InChI=1S/C17H21N3O4S2/c1-12-10-20(11-13(2)24-12)26(22,23)15-6-4-5-14(9-15)16(21)18-17-19(3)7-8-25-17/h4-9,12-13H,10-11H2,1-3H3/t12-,13+. The van der Waals surface area contributed by atoms with Gasteiger partial charge in [-0.3, -0.25) is 4.79 Å². The Hall–Kier alpha value is -1.81. The highest BCUT2D eigenvalue weighted by atomic mass is 32.2. The van der Waals surface area contributed by atoms with Gasteiger partial charge in [0.15, 0.2) is 4.80 Å². The van der Waals surface area contributed by atoms with Gasteiger partial charge in [-0.2, -0.15) is 9.30 Å². The molecule has 140 valence electrons. The van der Waals surface area contributed by atoms with Gasteiger partial charge in [0.25, 0.3) is 5.91 Å². The zero-order valence-corrected chi connectivity index (χ0v) is 16.5. The zero-order chi connectivity index (χ0) is 18.9. The molecule has 0 spiro atoms. The van der Waals surface area contributed by atoms with Crippen LogP contribution in [0.25, 0.3) is 0 Å². The van der Waals surface area contributed by atoms with Crippen molar-refractivity contribution >= 4 is 27.3 Å². The molecule has 0 saturated carbocycles. The number of benzene rings is 1. The maximum absolute atomic E-state index is 13.0. The van der Waals surface area contributed by atoms with Crippen LogP contribution in [0.5, 0.6) is 0 Å². The largest absolute Gasteiger partial charge is 0.373 e. The third-order valence-electron chi connectivity index (χ3n) is 4.06. The van der Waals surface area contributed by atoms with Crippen LogP contribution in [-0.4, -0.2) is 48.5 Å². The van der Waals surface area contributed by atoms with Gasteiger partial charge in [0.1, 0.15) is 0 Å². The van der Waals surface area contributed by atoms with Crippen LogP contribution in [0.4, 0.5) is 0 Å². The van der Waals surface area contributed by atoms with Gasteiger partial charge in [-0.1, -0.05) is 6.07 Å². The third kappa shape index (κ3) is 3.96. The summed E-state index contributed by atoms with van der Waals surface area (Å²) in [5, 5.41) is 1.83. The van der Waals surface area contributed by atoms with Crippen LogP contribution in [-0.2, 0) is 21.8 Å². The van der Waals surface area contributed by atoms with Crippen LogP contribution in [0.15, 0.2) is 45.7 Å². The van der Waals surface area contributed by atoms with Crippen molar-refractivity contribution in [2.45, 2.75) is 31.0 Å². The molecule has 2 atom stereocenters. The number of carbonyl (C=O) groups is 1. The average Bonchev–Trinajstić information content (AvgIpc) is 2.99. The summed E-state index contributed by atoms with van der Waals surface area (Å²) in [5.41, 5.74) is 0.244. The summed E-state index contributed by atoms with van der Waals surface area (Å²) < 4.78 is 34.6. The van der Waals surface area contributed by atoms with Crippen LogP contribution in [0.1, 0.15) is 24.2 Å². The molecule has 0 N–H and O–H groups in total. The summed E-state index contributed by atoms with van der Waals surface area (Å²) in [6.45, 7) is 4.27. The molecule has 0 aliphatic carbocycles. The number of aryl methyl sites for hydroxylation is 1. The van der Waals surface area contributed by atoms with Crippen molar-refractivity contribution < 1.29 is 17.9 Å². The Bertz CT molecular complexity index is 968. The van der Waals surface area contributed by atoms with E-state index in [9.17, 15) is 13.2 Å². The number of rotatable bonds is 3. The maximum Gasteiger partial charge on any atom is 0.279 e. The summed E-state index contributed by atoms with van der Waals surface area (Å²) in [7, 11) is -1.90. The van der Waals surface area contributed by atoms with Gasteiger partial charge in [-0.15, -0.1) is 11.3 Å². The van der Waals surface area contributed by atoms with E-state index < -0.39 is 15.9 Å². The fourth-order valence-corrected chi connectivity index (χ4v) is 5.22. The second-order valence-corrected chi connectivity index (χ2v) is 9.13. The van der Waals surface area contributed by atoms with Crippen molar-refractivity contribution in [1.29, 1.82) is 0 Å². The number of hydrogen-bond donors (Lipinski definition) is 0. The smallest absolute Gasteiger partial charge is 0.279 e. The van der Waals surface area contributed by atoms with Crippen LogP contribution in [0, 0.1) is 0 Å². The molecule has 1 amide bonds. The number of aromatic nitrogens is 1. The summed E-state index contributed by atoms with van der Waals surface area (Å²) in [4.78, 5) is 17.1. The summed E-state index contributed by atoms with van der Waals surface area (Å²) in [6, 6.07) is 6.03. The first-order valence-electron chi connectivity index (χ1n) is 8.22. The average molecular weight is 396 g/mol. The molecule has 7 nitrogen and oxygen atoms in total. The van der Waals surface area contributed by atoms with Crippen LogP contribution < -0.4 is 4.80 Å². The van der Waals surface area contributed by atoms with Crippen molar-refractivity contribution in [3.63, 3.8) is 0 Å². The minimum Gasteiger partial charge on any atom is -0.373 e. The quantitative estimate of drug-likeness (QED) is 0.791.